The number of nitrogens with zero attached hydrogens (tertiary/aromatic N) is 4. The SMILES string of the molecule is C=CCN(CC(=O)O)c1c([N+](=O)[O-])ncn1C. The maximum atomic E-state index is 10.8. The van der Waals surface area contributed by atoms with E-state index < -0.39 is 10.9 Å². The second-order valence-corrected chi connectivity index (χ2v) is 3.32. The normalized spacial score (nSPS) is 9.94. The quantitative estimate of drug-likeness (QED) is 0.439. The van der Waals surface area contributed by atoms with Gasteiger partial charge < -0.3 is 20.1 Å². The minimum atomic E-state index is -1.08. The molecule has 92 valence electrons. The maximum Gasteiger partial charge on any atom is 0.406 e. The Hall–Kier alpha value is -2.38. The number of carboxylic acid groups (broad SMARTS) is 1. The van der Waals surface area contributed by atoms with Crippen molar-refractivity contribution in [2.45, 2.75) is 0 Å². The van der Waals surface area contributed by atoms with Crippen LogP contribution >= 0.6 is 0 Å². The lowest BCUT2D eigenvalue weighted by Gasteiger charge is -2.19. The lowest BCUT2D eigenvalue weighted by Crippen LogP contribution is -2.31. The van der Waals surface area contributed by atoms with Crippen molar-refractivity contribution < 1.29 is 14.8 Å². The van der Waals surface area contributed by atoms with Gasteiger partial charge >= 0.3 is 11.8 Å². The van der Waals surface area contributed by atoms with E-state index in [2.05, 4.69) is 11.6 Å². The number of aryl methyl sites for hydroxylation is 1. The molecule has 1 aromatic rings. The summed E-state index contributed by atoms with van der Waals surface area (Å²) in [5.74, 6) is -1.30. The fourth-order valence-corrected chi connectivity index (χ4v) is 1.45. The van der Waals surface area contributed by atoms with Crippen LogP contribution in [0.5, 0.6) is 0 Å². The van der Waals surface area contributed by atoms with Crippen molar-refractivity contribution in [3.05, 3.63) is 29.1 Å². The second kappa shape index (κ2) is 5.10. The second-order valence-electron chi connectivity index (χ2n) is 3.32. The Bertz CT molecular complexity index is 454. The van der Waals surface area contributed by atoms with E-state index in [0.29, 0.717) is 0 Å². The molecule has 8 nitrogen and oxygen atoms in total. The van der Waals surface area contributed by atoms with Gasteiger partial charge in [0.05, 0.1) is 0 Å². The molecule has 0 bridgehead atoms. The van der Waals surface area contributed by atoms with Gasteiger partial charge in [-0.25, -0.2) is 0 Å². The Morgan fingerprint density at radius 3 is 2.94 bits per heavy atom. The molecule has 8 heteroatoms. The Kier molecular flexibility index (Phi) is 3.81. The monoisotopic (exact) mass is 240 g/mol. The van der Waals surface area contributed by atoms with Gasteiger partial charge in [-0.15, -0.1) is 6.58 Å². The third-order valence-corrected chi connectivity index (χ3v) is 2.04. The average Bonchev–Trinajstić information content (AvgIpc) is 2.59. The van der Waals surface area contributed by atoms with Crippen LogP contribution in [0.1, 0.15) is 0 Å². The number of carboxylic acids is 1. The van der Waals surface area contributed by atoms with E-state index in [4.69, 9.17) is 5.11 Å². The van der Waals surface area contributed by atoms with Gasteiger partial charge in [0.2, 0.25) is 12.1 Å². The summed E-state index contributed by atoms with van der Waals surface area (Å²) in [6, 6.07) is 0. The van der Waals surface area contributed by atoms with Crippen LogP contribution in [0, 0.1) is 10.1 Å². The number of rotatable bonds is 6. The van der Waals surface area contributed by atoms with Crippen LogP contribution in [-0.2, 0) is 11.8 Å². The smallest absolute Gasteiger partial charge is 0.406 e. The zero-order chi connectivity index (χ0) is 13.0. The number of nitro groups is 1. The molecular formula is C9H12N4O4. The van der Waals surface area contributed by atoms with E-state index in [-0.39, 0.29) is 24.7 Å². The lowest BCUT2D eigenvalue weighted by atomic mass is 10.4. The zero-order valence-corrected chi connectivity index (χ0v) is 9.24. The molecular weight excluding hydrogens is 228 g/mol. The number of aliphatic carboxylic acids is 1. The highest BCUT2D eigenvalue weighted by atomic mass is 16.6. The number of hydrogen-bond acceptors (Lipinski definition) is 5. The summed E-state index contributed by atoms with van der Waals surface area (Å²) in [5.41, 5.74) is 0. The zero-order valence-electron chi connectivity index (χ0n) is 9.24. The molecule has 1 rings (SSSR count). The Morgan fingerprint density at radius 2 is 2.47 bits per heavy atom. The molecule has 0 unspecified atom stereocenters. The molecule has 17 heavy (non-hydrogen) atoms. The van der Waals surface area contributed by atoms with E-state index in [1.165, 1.54) is 21.9 Å². The highest BCUT2D eigenvalue weighted by Gasteiger charge is 2.26. The van der Waals surface area contributed by atoms with Gasteiger partial charge in [-0.2, -0.15) is 0 Å². The first-order valence-corrected chi connectivity index (χ1v) is 4.70. The van der Waals surface area contributed by atoms with Crippen LogP contribution in [0.3, 0.4) is 0 Å². The maximum absolute atomic E-state index is 10.8. The number of anilines is 1. The summed E-state index contributed by atoms with van der Waals surface area (Å²) >= 11 is 0. The van der Waals surface area contributed by atoms with E-state index >= 15 is 0 Å². The molecule has 1 N–H and O–H groups in total. The van der Waals surface area contributed by atoms with Gasteiger partial charge in [0, 0.05) is 13.6 Å². The molecule has 0 aliphatic heterocycles. The summed E-state index contributed by atoms with van der Waals surface area (Å²) in [5, 5.41) is 19.5. The highest BCUT2D eigenvalue weighted by molar-refractivity contribution is 5.74. The Balaban J connectivity index is 3.16. The van der Waals surface area contributed by atoms with Gasteiger partial charge in [0.1, 0.15) is 6.54 Å². The predicted molar refractivity (Wildman–Crippen MR) is 59.9 cm³/mol. The van der Waals surface area contributed by atoms with Gasteiger partial charge in [-0.1, -0.05) is 6.08 Å². The summed E-state index contributed by atoms with van der Waals surface area (Å²) < 4.78 is 1.41. The molecule has 1 aromatic heterocycles. The summed E-state index contributed by atoms with van der Waals surface area (Å²) in [4.78, 5) is 25.8. The molecule has 0 aliphatic rings. The molecule has 0 aromatic carbocycles. The molecule has 0 saturated heterocycles. The first kappa shape index (κ1) is 12.7. The first-order chi connectivity index (χ1) is 7.97. The third-order valence-electron chi connectivity index (χ3n) is 2.04. The molecule has 0 spiro atoms. The van der Waals surface area contributed by atoms with E-state index in [1.807, 2.05) is 0 Å². The fraction of sp³-hybridized carbons (Fsp3) is 0.333. The van der Waals surface area contributed by atoms with Crippen LogP contribution in [0.2, 0.25) is 0 Å². The van der Waals surface area contributed by atoms with Crippen LogP contribution < -0.4 is 4.90 Å². The van der Waals surface area contributed by atoms with Crippen LogP contribution in [0.4, 0.5) is 11.6 Å². The molecule has 0 atom stereocenters. The van der Waals surface area contributed by atoms with Crippen LogP contribution in [0.25, 0.3) is 0 Å². The van der Waals surface area contributed by atoms with Crippen molar-refractivity contribution in [2.24, 2.45) is 7.05 Å². The largest absolute Gasteiger partial charge is 0.480 e. The van der Waals surface area contributed by atoms with Crippen LogP contribution in [-0.4, -0.2) is 38.6 Å². The molecule has 0 aliphatic carbocycles. The van der Waals surface area contributed by atoms with Crippen molar-refractivity contribution in [2.75, 3.05) is 18.0 Å². The van der Waals surface area contributed by atoms with Crippen molar-refractivity contribution in [1.82, 2.24) is 9.55 Å². The van der Waals surface area contributed by atoms with Crippen molar-refractivity contribution in [3.8, 4) is 0 Å². The van der Waals surface area contributed by atoms with E-state index in [9.17, 15) is 14.9 Å². The Labute approximate surface area is 96.9 Å². The molecule has 0 saturated carbocycles. The molecule has 0 radical (unpaired) electrons. The summed E-state index contributed by atoms with van der Waals surface area (Å²) in [6.45, 7) is 3.32. The molecule has 0 amide bonds. The number of carbonyl (C=O) groups is 1. The topological polar surface area (TPSA) is 102 Å². The lowest BCUT2D eigenvalue weighted by molar-refractivity contribution is -0.388. The summed E-state index contributed by atoms with van der Waals surface area (Å²) in [7, 11) is 1.56. The standard InChI is InChI=1S/C9H12N4O4/c1-3-4-12(5-7(14)15)9-8(13(16)17)10-6-11(9)2/h3,6H,1,4-5H2,2H3,(H,14,15). The number of aromatic nitrogens is 2. The molecule has 1 heterocycles. The average molecular weight is 240 g/mol. The number of imidazole rings is 1. The minimum absolute atomic E-state index is 0.150. The minimum Gasteiger partial charge on any atom is -0.480 e. The van der Waals surface area contributed by atoms with Gasteiger partial charge in [-0.3, -0.25) is 9.36 Å². The van der Waals surface area contributed by atoms with Crippen molar-refractivity contribution in [3.63, 3.8) is 0 Å². The third kappa shape index (κ3) is 2.80. The van der Waals surface area contributed by atoms with Crippen LogP contribution in [0.15, 0.2) is 19.0 Å². The van der Waals surface area contributed by atoms with Crippen molar-refractivity contribution in [1.29, 1.82) is 0 Å². The van der Waals surface area contributed by atoms with E-state index in [1.54, 1.807) is 7.05 Å². The van der Waals surface area contributed by atoms with E-state index in [0.717, 1.165) is 0 Å². The van der Waals surface area contributed by atoms with Gasteiger partial charge in [0.25, 0.3) is 0 Å². The van der Waals surface area contributed by atoms with Crippen molar-refractivity contribution >= 4 is 17.6 Å². The predicted octanol–water partition coefficient (Wildman–Crippen LogP) is 0.405. The number of hydrogen-bond donors (Lipinski definition) is 1. The Morgan fingerprint density at radius 1 is 1.82 bits per heavy atom. The highest BCUT2D eigenvalue weighted by Crippen LogP contribution is 2.25. The fourth-order valence-electron chi connectivity index (χ4n) is 1.45. The van der Waals surface area contributed by atoms with Gasteiger partial charge in [-0.05, 0) is 9.91 Å². The summed E-state index contributed by atoms with van der Waals surface area (Å²) in [6.07, 6.45) is 2.74. The first-order valence-electron chi connectivity index (χ1n) is 4.70. The van der Waals surface area contributed by atoms with Gasteiger partial charge in [0.15, 0.2) is 0 Å². The molecule has 0 fully saturated rings.